The van der Waals surface area contributed by atoms with Gasteiger partial charge in [0.15, 0.2) is 0 Å². The highest BCUT2D eigenvalue weighted by atomic mass is 35.5. The summed E-state index contributed by atoms with van der Waals surface area (Å²) in [4.78, 5) is 35.4. The molecule has 1 aliphatic heterocycles. The van der Waals surface area contributed by atoms with Crippen LogP contribution in [0.15, 0.2) is 18.2 Å². The van der Waals surface area contributed by atoms with Crippen molar-refractivity contribution in [1.29, 1.82) is 0 Å². The Bertz CT molecular complexity index is 585. The monoisotopic (exact) mass is 311 g/mol. The van der Waals surface area contributed by atoms with Crippen molar-refractivity contribution in [3.63, 3.8) is 0 Å². The van der Waals surface area contributed by atoms with E-state index in [1.165, 1.54) is 12.1 Å². The summed E-state index contributed by atoms with van der Waals surface area (Å²) in [6.07, 6.45) is 1.96. The summed E-state index contributed by atoms with van der Waals surface area (Å²) in [6.45, 7) is 1.33. The molecule has 0 saturated carbocycles. The van der Waals surface area contributed by atoms with Gasteiger partial charge in [0, 0.05) is 25.2 Å². The maximum atomic E-state index is 11.9. The van der Waals surface area contributed by atoms with Crippen LogP contribution in [0.2, 0.25) is 5.02 Å². The summed E-state index contributed by atoms with van der Waals surface area (Å²) in [5.74, 6) is -0.665. The number of hydrogen-bond donors (Lipinski definition) is 1. The third-order valence-corrected chi connectivity index (χ3v) is 3.58. The first-order valence-corrected chi connectivity index (χ1v) is 6.87. The van der Waals surface area contributed by atoms with Gasteiger partial charge in [-0.2, -0.15) is 0 Å². The minimum atomic E-state index is -0.593. The molecule has 1 aliphatic rings. The first kappa shape index (κ1) is 15.2. The van der Waals surface area contributed by atoms with Crippen molar-refractivity contribution in [1.82, 2.24) is 10.2 Å². The molecule has 1 saturated heterocycles. The van der Waals surface area contributed by atoms with Crippen molar-refractivity contribution in [3.8, 4) is 0 Å². The Kier molecular flexibility index (Phi) is 4.74. The third-order valence-electron chi connectivity index (χ3n) is 3.27. The van der Waals surface area contributed by atoms with Gasteiger partial charge in [-0.3, -0.25) is 19.7 Å². The Hall–Kier alpha value is -2.15. The Labute approximate surface area is 126 Å². The smallest absolute Gasteiger partial charge is 0.270 e. The number of hydrogen-bond acceptors (Lipinski definition) is 4. The standard InChI is InChI=1S/C13H14ClN3O4/c14-11-7-9(17(20)21)3-4-10(11)13(19)15-8-12(18)16-5-1-2-6-16/h3-4,7H,1-2,5-6,8H2,(H,15,19). The normalized spacial score (nSPS) is 14.0. The zero-order valence-corrected chi connectivity index (χ0v) is 11.9. The van der Waals surface area contributed by atoms with Crippen LogP contribution >= 0.6 is 11.6 Å². The van der Waals surface area contributed by atoms with Gasteiger partial charge in [0.25, 0.3) is 11.6 Å². The Morgan fingerprint density at radius 3 is 2.57 bits per heavy atom. The number of non-ortho nitro benzene ring substituents is 1. The number of carbonyl (C=O) groups is 2. The lowest BCUT2D eigenvalue weighted by Crippen LogP contribution is -2.38. The number of amides is 2. The molecule has 1 aromatic rings. The Morgan fingerprint density at radius 2 is 2.00 bits per heavy atom. The van der Waals surface area contributed by atoms with Crippen LogP contribution in [0.25, 0.3) is 0 Å². The number of carbonyl (C=O) groups excluding carboxylic acids is 2. The van der Waals surface area contributed by atoms with Gasteiger partial charge in [0.05, 0.1) is 22.1 Å². The van der Waals surface area contributed by atoms with E-state index in [0.717, 1.165) is 18.9 Å². The molecule has 0 spiro atoms. The van der Waals surface area contributed by atoms with E-state index in [-0.39, 0.29) is 28.7 Å². The van der Waals surface area contributed by atoms with Gasteiger partial charge in [-0.1, -0.05) is 11.6 Å². The molecule has 1 fully saturated rings. The van der Waals surface area contributed by atoms with Crippen molar-refractivity contribution in [2.45, 2.75) is 12.8 Å². The molecule has 1 N–H and O–H groups in total. The molecule has 0 radical (unpaired) electrons. The topological polar surface area (TPSA) is 92.6 Å². The van der Waals surface area contributed by atoms with E-state index in [2.05, 4.69) is 5.32 Å². The highest BCUT2D eigenvalue weighted by Gasteiger charge is 2.20. The zero-order valence-electron chi connectivity index (χ0n) is 11.2. The fraction of sp³-hybridized carbons (Fsp3) is 0.385. The lowest BCUT2D eigenvalue weighted by Gasteiger charge is -2.15. The number of nitro benzene ring substituents is 1. The van der Waals surface area contributed by atoms with E-state index in [4.69, 9.17) is 11.6 Å². The molecule has 7 nitrogen and oxygen atoms in total. The number of nitro groups is 1. The highest BCUT2D eigenvalue weighted by molar-refractivity contribution is 6.34. The van der Waals surface area contributed by atoms with E-state index >= 15 is 0 Å². The second kappa shape index (κ2) is 6.53. The van der Waals surface area contributed by atoms with Gasteiger partial charge in [-0.15, -0.1) is 0 Å². The SMILES string of the molecule is O=C(NCC(=O)N1CCCC1)c1ccc([N+](=O)[O-])cc1Cl. The molecular formula is C13H14ClN3O4. The maximum Gasteiger partial charge on any atom is 0.270 e. The van der Waals surface area contributed by atoms with Crippen LogP contribution in [0.5, 0.6) is 0 Å². The fourth-order valence-electron chi connectivity index (χ4n) is 2.13. The largest absolute Gasteiger partial charge is 0.343 e. The van der Waals surface area contributed by atoms with Gasteiger partial charge < -0.3 is 10.2 Å². The van der Waals surface area contributed by atoms with Crippen LogP contribution in [0, 0.1) is 10.1 Å². The fourth-order valence-corrected chi connectivity index (χ4v) is 2.39. The molecule has 1 aromatic carbocycles. The third kappa shape index (κ3) is 3.69. The van der Waals surface area contributed by atoms with Crippen LogP contribution in [0.4, 0.5) is 5.69 Å². The highest BCUT2D eigenvalue weighted by Crippen LogP contribution is 2.22. The summed E-state index contributed by atoms with van der Waals surface area (Å²) in [6, 6.07) is 3.58. The van der Waals surface area contributed by atoms with Gasteiger partial charge >= 0.3 is 0 Å². The maximum absolute atomic E-state index is 11.9. The first-order valence-electron chi connectivity index (χ1n) is 6.49. The van der Waals surface area contributed by atoms with Crippen molar-refractivity contribution in [2.24, 2.45) is 0 Å². The number of rotatable bonds is 4. The van der Waals surface area contributed by atoms with Crippen molar-refractivity contribution < 1.29 is 14.5 Å². The second-order valence-electron chi connectivity index (χ2n) is 4.69. The molecule has 0 aromatic heterocycles. The molecule has 8 heteroatoms. The van der Waals surface area contributed by atoms with Crippen molar-refractivity contribution in [3.05, 3.63) is 38.9 Å². The summed E-state index contributed by atoms with van der Waals surface area (Å²) in [7, 11) is 0. The molecule has 2 rings (SSSR count). The molecule has 112 valence electrons. The molecule has 0 aliphatic carbocycles. The Morgan fingerprint density at radius 1 is 1.33 bits per heavy atom. The van der Waals surface area contributed by atoms with Crippen LogP contribution in [0.1, 0.15) is 23.2 Å². The predicted octanol–water partition coefficient (Wildman–Crippen LogP) is 1.60. The van der Waals surface area contributed by atoms with Crippen molar-refractivity contribution >= 4 is 29.1 Å². The molecule has 0 bridgehead atoms. The average Bonchev–Trinajstić information content (AvgIpc) is 2.98. The Balaban J connectivity index is 1.97. The number of nitrogens with zero attached hydrogens (tertiary/aromatic N) is 2. The predicted molar refractivity (Wildman–Crippen MR) is 76.3 cm³/mol. The summed E-state index contributed by atoms with van der Waals surface area (Å²) < 4.78 is 0. The lowest BCUT2D eigenvalue weighted by molar-refractivity contribution is -0.384. The second-order valence-corrected chi connectivity index (χ2v) is 5.10. The quantitative estimate of drug-likeness (QED) is 0.675. The molecule has 0 atom stereocenters. The van der Waals surface area contributed by atoms with E-state index in [1.54, 1.807) is 4.90 Å². The van der Waals surface area contributed by atoms with Crippen LogP contribution in [0.3, 0.4) is 0 Å². The van der Waals surface area contributed by atoms with E-state index in [0.29, 0.717) is 13.1 Å². The minimum absolute atomic E-state index is 0.0182. The van der Waals surface area contributed by atoms with Gasteiger partial charge in [0.1, 0.15) is 0 Å². The molecule has 0 unspecified atom stereocenters. The molecule has 21 heavy (non-hydrogen) atoms. The summed E-state index contributed by atoms with van der Waals surface area (Å²) in [5, 5.41) is 13.1. The van der Waals surface area contributed by atoms with Crippen molar-refractivity contribution in [2.75, 3.05) is 19.6 Å². The van der Waals surface area contributed by atoms with Crippen LogP contribution in [-0.2, 0) is 4.79 Å². The lowest BCUT2D eigenvalue weighted by atomic mass is 10.2. The molecular weight excluding hydrogens is 298 g/mol. The zero-order chi connectivity index (χ0) is 15.4. The average molecular weight is 312 g/mol. The van der Waals surface area contributed by atoms with Gasteiger partial charge in [-0.25, -0.2) is 0 Å². The number of nitrogens with one attached hydrogen (secondary N) is 1. The van der Waals surface area contributed by atoms with E-state index in [9.17, 15) is 19.7 Å². The van der Waals surface area contributed by atoms with Gasteiger partial charge in [-0.05, 0) is 18.9 Å². The molecule has 2 amide bonds. The summed E-state index contributed by atoms with van der Waals surface area (Å²) >= 11 is 5.85. The number of benzene rings is 1. The van der Waals surface area contributed by atoms with Crippen LogP contribution < -0.4 is 5.32 Å². The number of likely N-dealkylation sites (tertiary alicyclic amines) is 1. The molecule has 1 heterocycles. The number of halogens is 1. The van der Waals surface area contributed by atoms with E-state index < -0.39 is 10.8 Å². The van der Waals surface area contributed by atoms with Crippen LogP contribution in [-0.4, -0.2) is 41.3 Å². The minimum Gasteiger partial charge on any atom is -0.343 e. The first-order chi connectivity index (χ1) is 9.99. The summed E-state index contributed by atoms with van der Waals surface area (Å²) in [5.41, 5.74) is -0.0822. The van der Waals surface area contributed by atoms with Gasteiger partial charge in [0.2, 0.25) is 5.91 Å². The van der Waals surface area contributed by atoms with E-state index in [1.807, 2.05) is 0 Å².